The van der Waals surface area contributed by atoms with Crippen LogP contribution in [0.3, 0.4) is 0 Å². The van der Waals surface area contributed by atoms with Crippen molar-refractivity contribution >= 4 is 29.3 Å². The molecule has 2 aliphatic heterocycles. The van der Waals surface area contributed by atoms with Crippen molar-refractivity contribution in [1.82, 2.24) is 10.6 Å². The van der Waals surface area contributed by atoms with Gasteiger partial charge in [0.15, 0.2) is 0 Å². The summed E-state index contributed by atoms with van der Waals surface area (Å²) in [6.07, 6.45) is 1.62. The molecule has 1 amide bonds. The molecule has 0 aromatic carbocycles. The monoisotopic (exact) mass is 453 g/mol. The lowest BCUT2D eigenvalue weighted by atomic mass is 9.92. The van der Waals surface area contributed by atoms with E-state index in [1.807, 2.05) is 0 Å². The largest absolute Gasteiger partial charge is 0.388 e. The predicted molar refractivity (Wildman–Crippen MR) is 115 cm³/mol. The Labute approximate surface area is 182 Å². The summed E-state index contributed by atoms with van der Waals surface area (Å²) >= 11 is 7.55. The average Bonchev–Trinajstić information content (AvgIpc) is 2.95. The Morgan fingerprint density at radius 2 is 2.00 bits per heavy atom. The number of nitrogens with two attached hydrogens (primary N) is 1. The van der Waals surface area contributed by atoms with Crippen LogP contribution in [0.1, 0.15) is 39.0 Å². The highest BCUT2D eigenvalue weighted by Crippen LogP contribution is 2.30. The number of aliphatic hydroxyl groups is 3. The van der Waals surface area contributed by atoms with E-state index >= 15 is 0 Å². The van der Waals surface area contributed by atoms with Gasteiger partial charge in [-0.2, -0.15) is 0 Å². The summed E-state index contributed by atoms with van der Waals surface area (Å²) in [6, 6.07) is -1.06. The second kappa shape index (κ2) is 12.0. The summed E-state index contributed by atoms with van der Waals surface area (Å²) in [5, 5.41) is 36.4. The average molecular weight is 454 g/mol. The van der Waals surface area contributed by atoms with Gasteiger partial charge in [0.05, 0.1) is 17.5 Å². The summed E-state index contributed by atoms with van der Waals surface area (Å²) in [6.45, 7) is 3.15. The molecule has 0 aromatic rings. The fourth-order valence-corrected chi connectivity index (χ4v) is 5.00. The van der Waals surface area contributed by atoms with Gasteiger partial charge in [0, 0.05) is 0 Å². The number of hydrogen-bond acceptors (Lipinski definition) is 8. The maximum absolute atomic E-state index is 12.9. The first-order chi connectivity index (χ1) is 13.8. The Morgan fingerprint density at radius 3 is 2.62 bits per heavy atom. The number of carbonyl (C=O) groups is 1. The van der Waals surface area contributed by atoms with E-state index in [-0.39, 0.29) is 11.9 Å². The molecule has 9 atom stereocenters. The van der Waals surface area contributed by atoms with Crippen LogP contribution in [0, 0.1) is 5.92 Å². The molecule has 0 aromatic heterocycles. The molecule has 0 spiro atoms. The van der Waals surface area contributed by atoms with Crippen molar-refractivity contribution in [2.45, 2.75) is 86.3 Å². The maximum Gasteiger partial charge on any atom is 0.237 e. The zero-order valence-corrected chi connectivity index (χ0v) is 18.7. The Kier molecular flexibility index (Phi) is 10.4. The summed E-state index contributed by atoms with van der Waals surface area (Å²) < 4.78 is 5.80. The van der Waals surface area contributed by atoms with Gasteiger partial charge in [0.1, 0.15) is 29.9 Å². The van der Waals surface area contributed by atoms with Crippen LogP contribution in [0.4, 0.5) is 0 Å². The van der Waals surface area contributed by atoms with Gasteiger partial charge < -0.3 is 36.4 Å². The topological polar surface area (TPSA) is 137 Å². The molecule has 7 N–H and O–H groups in total. The number of hydrogen-bond donors (Lipinski definition) is 6. The molecular weight excluding hydrogens is 418 g/mol. The highest BCUT2D eigenvalue weighted by atomic mass is 35.5. The summed E-state index contributed by atoms with van der Waals surface area (Å²) in [7, 11) is 0. The lowest BCUT2D eigenvalue weighted by Crippen LogP contribution is -2.65. The number of halogens is 1. The quantitative estimate of drug-likeness (QED) is 0.277. The number of ether oxygens (including phenoxy) is 1. The normalized spacial score (nSPS) is 38.1. The lowest BCUT2D eigenvalue weighted by molar-refractivity contribution is -0.205. The lowest BCUT2D eigenvalue weighted by Gasteiger charge is -2.44. The van der Waals surface area contributed by atoms with E-state index in [9.17, 15) is 20.1 Å². The smallest absolute Gasteiger partial charge is 0.237 e. The summed E-state index contributed by atoms with van der Waals surface area (Å²) in [5.74, 6) is 0.369. The molecule has 10 heteroatoms. The molecule has 0 radical (unpaired) electrons. The van der Waals surface area contributed by atoms with Crippen molar-refractivity contribution in [1.29, 1.82) is 0 Å². The second-order valence-electron chi connectivity index (χ2n) is 8.06. The van der Waals surface area contributed by atoms with Crippen molar-refractivity contribution in [2.75, 3.05) is 19.3 Å². The molecule has 2 rings (SSSR count). The van der Waals surface area contributed by atoms with Gasteiger partial charge in [-0.3, -0.25) is 4.79 Å². The van der Waals surface area contributed by atoms with E-state index in [0.29, 0.717) is 18.9 Å². The standard InChI is InChI=1S/C19H36ClN3O5S/c1-10(20)13(17-15(25)14(24)16(26)19(28-17)29-2)23-18(27)12-6-5-11(4-3-8-21)7-9-22-12/h10-17,19,22,24-26H,3-9,21H2,1-2H3,(H,23,27)/t10-,11-,12-,13+,14?,15?,16+,17+,19?/m0/s1. The molecule has 2 aliphatic rings. The zero-order valence-electron chi connectivity index (χ0n) is 17.2. The number of nitrogens with one attached hydrogen (secondary N) is 2. The second-order valence-corrected chi connectivity index (χ2v) is 9.68. The number of amides is 1. The minimum atomic E-state index is -1.37. The van der Waals surface area contributed by atoms with Crippen LogP contribution in [0.25, 0.3) is 0 Å². The minimum absolute atomic E-state index is 0.195. The van der Waals surface area contributed by atoms with Crippen molar-refractivity contribution in [2.24, 2.45) is 11.7 Å². The third kappa shape index (κ3) is 6.67. The number of carbonyl (C=O) groups excluding carboxylic acids is 1. The molecule has 2 saturated heterocycles. The number of thioether (sulfide) groups is 1. The molecule has 170 valence electrons. The Morgan fingerprint density at radius 1 is 1.28 bits per heavy atom. The molecule has 0 saturated carbocycles. The molecule has 3 unspecified atom stereocenters. The first-order valence-electron chi connectivity index (χ1n) is 10.4. The Bertz CT molecular complexity index is 516. The van der Waals surface area contributed by atoms with Gasteiger partial charge in [-0.15, -0.1) is 23.4 Å². The molecule has 2 fully saturated rings. The summed E-state index contributed by atoms with van der Waals surface area (Å²) in [4.78, 5) is 12.9. The van der Waals surface area contributed by atoms with Crippen molar-refractivity contribution < 1.29 is 24.9 Å². The van der Waals surface area contributed by atoms with Gasteiger partial charge in [-0.25, -0.2) is 0 Å². The Balaban J connectivity index is 2.01. The fraction of sp³-hybridized carbons (Fsp3) is 0.947. The fourth-order valence-electron chi connectivity index (χ4n) is 4.12. The van der Waals surface area contributed by atoms with E-state index in [1.54, 1.807) is 13.2 Å². The molecular formula is C19H36ClN3O5S. The number of aliphatic hydroxyl groups excluding tert-OH is 3. The molecule has 0 aliphatic carbocycles. The maximum atomic E-state index is 12.9. The van der Waals surface area contributed by atoms with E-state index in [4.69, 9.17) is 22.1 Å². The van der Waals surface area contributed by atoms with Crippen LogP contribution in [0.2, 0.25) is 0 Å². The van der Waals surface area contributed by atoms with Crippen molar-refractivity contribution in [3.63, 3.8) is 0 Å². The van der Waals surface area contributed by atoms with Gasteiger partial charge in [0.2, 0.25) is 5.91 Å². The van der Waals surface area contributed by atoms with Crippen LogP contribution in [0.15, 0.2) is 0 Å². The molecule has 2 heterocycles. The zero-order chi connectivity index (χ0) is 21.6. The Hall–Kier alpha value is -0.130. The highest BCUT2D eigenvalue weighted by molar-refractivity contribution is 7.99. The molecule has 0 bridgehead atoms. The van der Waals surface area contributed by atoms with Crippen LogP contribution in [-0.2, 0) is 9.53 Å². The molecule has 29 heavy (non-hydrogen) atoms. The van der Waals surface area contributed by atoms with Gasteiger partial charge in [-0.1, -0.05) is 0 Å². The highest BCUT2D eigenvalue weighted by Gasteiger charge is 2.48. The first kappa shape index (κ1) is 25.1. The third-order valence-corrected chi connectivity index (χ3v) is 7.06. The molecule has 8 nitrogen and oxygen atoms in total. The van der Waals surface area contributed by atoms with Gasteiger partial charge in [0.25, 0.3) is 0 Å². The van der Waals surface area contributed by atoms with Crippen LogP contribution in [-0.4, -0.2) is 87.9 Å². The van der Waals surface area contributed by atoms with Gasteiger partial charge in [-0.05, 0) is 64.3 Å². The van der Waals surface area contributed by atoms with E-state index in [2.05, 4.69) is 10.6 Å². The number of alkyl halides is 1. The minimum Gasteiger partial charge on any atom is -0.388 e. The predicted octanol–water partition coefficient (Wildman–Crippen LogP) is -0.234. The SMILES string of the molecule is CSC1O[C@H]([C@H](NC(=O)[C@@H]2CC[C@H](CCCN)CCN2)[C@H](C)Cl)C(O)C(O)[C@H]1O. The first-order valence-corrected chi connectivity index (χ1v) is 12.1. The van der Waals surface area contributed by atoms with Crippen molar-refractivity contribution in [3.8, 4) is 0 Å². The van der Waals surface area contributed by atoms with Crippen LogP contribution in [0.5, 0.6) is 0 Å². The summed E-state index contributed by atoms with van der Waals surface area (Å²) in [5.41, 5.74) is 4.89. The third-order valence-electron chi connectivity index (χ3n) is 5.94. The van der Waals surface area contributed by atoms with Crippen molar-refractivity contribution in [3.05, 3.63) is 0 Å². The van der Waals surface area contributed by atoms with E-state index < -0.39 is 41.3 Å². The van der Waals surface area contributed by atoms with E-state index in [1.165, 1.54) is 11.8 Å². The van der Waals surface area contributed by atoms with Crippen LogP contribution >= 0.6 is 23.4 Å². The number of rotatable bonds is 8. The van der Waals surface area contributed by atoms with E-state index in [0.717, 1.165) is 32.2 Å². The van der Waals surface area contributed by atoms with Crippen LogP contribution < -0.4 is 16.4 Å². The van der Waals surface area contributed by atoms with Gasteiger partial charge >= 0.3 is 0 Å².